The molecular weight excluding hydrogens is 264 g/mol. The first-order chi connectivity index (χ1) is 9.15. The van der Waals surface area contributed by atoms with Crippen LogP contribution in [-0.4, -0.2) is 52.1 Å². The van der Waals surface area contributed by atoms with E-state index in [0.29, 0.717) is 25.3 Å². The minimum Gasteiger partial charge on any atom is -0.359 e. The van der Waals surface area contributed by atoms with E-state index in [1.54, 1.807) is 18.1 Å². The first-order valence-corrected chi connectivity index (χ1v) is 7.54. The fourth-order valence-electron chi connectivity index (χ4n) is 2.26. The summed E-state index contributed by atoms with van der Waals surface area (Å²) in [4.78, 5) is 25.4. The summed E-state index contributed by atoms with van der Waals surface area (Å²) < 4.78 is 1.86. The van der Waals surface area contributed by atoms with E-state index in [2.05, 4.69) is 10.4 Å². The van der Waals surface area contributed by atoms with Crippen molar-refractivity contribution in [1.29, 1.82) is 0 Å². The normalized spacial score (nSPS) is 18.0. The van der Waals surface area contributed by atoms with Gasteiger partial charge in [-0.1, -0.05) is 0 Å². The van der Waals surface area contributed by atoms with Crippen LogP contribution in [0.3, 0.4) is 0 Å². The lowest BCUT2D eigenvalue weighted by Crippen LogP contribution is -2.43. The third-order valence-electron chi connectivity index (χ3n) is 3.20. The Kier molecular flexibility index (Phi) is 4.47. The first kappa shape index (κ1) is 13.9. The predicted octanol–water partition coefficient (Wildman–Crippen LogP) is 0.265. The Morgan fingerprint density at radius 1 is 1.58 bits per heavy atom. The van der Waals surface area contributed by atoms with E-state index in [1.165, 1.54) is 11.8 Å². The van der Waals surface area contributed by atoms with Crippen molar-refractivity contribution in [2.24, 2.45) is 0 Å². The van der Waals surface area contributed by atoms with Crippen molar-refractivity contribution < 1.29 is 9.59 Å². The number of hydrogen-bond acceptors (Lipinski definition) is 4. The lowest BCUT2D eigenvalue weighted by molar-refractivity contribution is -0.131. The monoisotopic (exact) mass is 282 g/mol. The smallest absolute Gasteiger partial charge is 0.232 e. The first-order valence-electron chi connectivity index (χ1n) is 6.15. The molecule has 0 saturated heterocycles. The number of aromatic nitrogens is 2. The summed E-state index contributed by atoms with van der Waals surface area (Å²) in [6.45, 7) is 1.12. The van der Waals surface area contributed by atoms with Gasteiger partial charge in [-0.2, -0.15) is 16.9 Å². The molecule has 0 unspecified atom stereocenters. The van der Waals surface area contributed by atoms with Gasteiger partial charge in [0.1, 0.15) is 0 Å². The third-order valence-corrected chi connectivity index (χ3v) is 3.74. The third kappa shape index (κ3) is 3.09. The molecule has 2 amide bonds. The van der Waals surface area contributed by atoms with E-state index < -0.39 is 0 Å². The van der Waals surface area contributed by atoms with E-state index in [-0.39, 0.29) is 17.9 Å². The largest absolute Gasteiger partial charge is 0.359 e. The Balaban J connectivity index is 2.15. The van der Waals surface area contributed by atoms with Crippen LogP contribution in [0.2, 0.25) is 0 Å². The van der Waals surface area contributed by atoms with Gasteiger partial charge in [0.2, 0.25) is 11.8 Å². The topological polar surface area (TPSA) is 67.2 Å². The van der Waals surface area contributed by atoms with E-state index >= 15 is 0 Å². The van der Waals surface area contributed by atoms with E-state index in [4.69, 9.17) is 0 Å². The highest BCUT2D eigenvalue weighted by Gasteiger charge is 2.29. The molecule has 1 aliphatic heterocycles. The average molecular weight is 282 g/mol. The predicted molar refractivity (Wildman–Crippen MR) is 73.7 cm³/mol. The molecule has 2 heterocycles. The molecule has 0 radical (unpaired) electrons. The summed E-state index contributed by atoms with van der Waals surface area (Å²) >= 11 is 1.51. The molecule has 7 heteroatoms. The minimum absolute atomic E-state index is 0.0365. The molecule has 19 heavy (non-hydrogen) atoms. The van der Waals surface area contributed by atoms with Gasteiger partial charge in [-0.25, -0.2) is 0 Å². The summed E-state index contributed by atoms with van der Waals surface area (Å²) in [5.41, 5.74) is 0.981. The number of fused-ring (bicyclic) bond motifs is 1. The number of carbonyl (C=O) groups excluding carboxylic acids is 2. The van der Waals surface area contributed by atoms with Crippen LogP contribution in [0, 0.1) is 0 Å². The Bertz CT molecular complexity index is 474. The van der Waals surface area contributed by atoms with Crippen LogP contribution in [0.5, 0.6) is 0 Å². The maximum atomic E-state index is 12.0. The van der Waals surface area contributed by atoms with Crippen LogP contribution in [0.15, 0.2) is 12.3 Å². The number of hydrogen-bond donors (Lipinski definition) is 1. The van der Waals surface area contributed by atoms with Gasteiger partial charge in [0, 0.05) is 19.8 Å². The van der Waals surface area contributed by atoms with Crippen molar-refractivity contribution in [2.45, 2.75) is 19.0 Å². The Morgan fingerprint density at radius 3 is 3.05 bits per heavy atom. The molecule has 1 aromatic rings. The van der Waals surface area contributed by atoms with Crippen LogP contribution in [0.25, 0.3) is 0 Å². The van der Waals surface area contributed by atoms with Crippen molar-refractivity contribution in [3.05, 3.63) is 18.0 Å². The standard InChI is InChI=1S/C12H18N4O2S/c1-13-11(17)5-10-7-15(12(18)8-19-2)6-9-3-4-14-16(9)10/h3-4,10H,5-8H2,1-2H3,(H,13,17)/t10-/m0/s1. The van der Waals surface area contributed by atoms with Crippen molar-refractivity contribution in [1.82, 2.24) is 20.0 Å². The van der Waals surface area contributed by atoms with Crippen molar-refractivity contribution in [3.63, 3.8) is 0 Å². The lowest BCUT2D eigenvalue weighted by Gasteiger charge is -2.33. The second-order valence-corrected chi connectivity index (χ2v) is 5.37. The zero-order chi connectivity index (χ0) is 13.8. The van der Waals surface area contributed by atoms with E-state index in [0.717, 1.165) is 5.69 Å². The lowest BCUT2D eigenvalue weighted by atomic mass is 10.1. The molecule has 2 rings (SSSR count). The van der Waals surface area contributed by atoms with Gasteiger partial charge in [-0.3, -0.25) is 14.3 Å². The zero-order valence-electron chi connectivity index (χ0n) is 11.1. The minimum atomic E-state index is -0.0792. The van der Waals surface area contributed by atoms with Gasteiger partial charge in [0.05, 0.1) is 30.5 Å². The zero-order valence-corrected chi connectivity index (χ0v) is 11.9. The molecule has 1 N–H and O–H groups in total. The van der Waals surface area contributed by atoms with Crippen LogP contribution in [0.1, 0.15) is 18.2 Å². The molecule has 0 fully saturated rings. The Hall–Kier alpha value is -1.50. The van der Waals surface area contributed by atoms with Crippen LogP contribution in [0.4, 0.5) is 0 Å². The molecule has 0 saturated carbocycles. The summed E-state index contributed by atoms with van der Waals surface area (Å²) in [6.07, 6.45) is 3.97. The fraction of sp³-hybridized carbons (Fsp3) is 0.583. The van der Waals surface area contributed by atoms with E-state index in [9.17, 15) is 9.59 Å². The van der Waals surface area contributed by atoms with Crippen LogP contribution in [-0.2, 0) is 16.1 Å². The SMILES string of the molecule is CNC(=O)C[C@H]1CN(C(=O)CSC)Cc2ccnn21. The molecule has 0 aromatic carbocycles. The summed E-state index contributed by atoms with van der Waals surface area (Å²) in [7, 11) is 1.62. The van der Waals surface area contributed by atoms with Crippen LogP contribution >= 0.6 is 11.8 Å². The molecule has 0 spiro atoms. The molecule has 6 nitrogen and oxygen atoms in total. The second kappa shape index (κ2) is 6.10. The molecule has 1 atom stereocenters. The van der Waals surface area contributed by atoms with Crippen molar-refractivity contribution in [2.75, 3.05) is 25.6 Å². The molecule has 1 aliphatic rings. The van der Waals surface area contributed by atoms with Gasteiger partial charge in [-0.15, -0.1) is 0 Å². The summed E-state index contributed by atoms with van der Waals surface area (Å²) in [6, 6.07) is 1.82. The molecular formula is C12H18N4O2S. The van der Waals surface area contributed by atoms with Crippen molar-refractivity contribution in [3.8, 4) is 0 Å². The number of carbonyl (C=O) groups is 2. The number of amides is 2. The van der Waals surface area contributed by atoms with Gasteiger partial charge in [-0.05, 0) is 12.3 Å². The number of rotatable bonds is 4. The van der Waals surface area contributed by atoms with Gasteiger partial charge >= 0.3 is 0 Å². The van der Waals surface area contributed by atoms with Gasteiger partial charge in [0.25, 0.3) is 0 Å². The Labute approximate surface area is 116 Å². The van der Waals surface area contributed by atoms with E-state index in [1.807, 2.05) is 17.0 Å². The summed E-state index contributed by atoms with van der Waals surface area (Å²) in [5, 5.41) is 6.88. The second-order valence-electron chi connectivity index (χ2n) is 4.51. The van der Waals surface area contributed by atoms with Crippen LogP contribution < -0.4 is 5.32 Å². The highest BCUT2D eigenvalue weighted by atomic mass is 32.2. The molecule has 0 bridgehead atoms. The maximum Gasteiger partial charge on any atom is 0.232 e. The maximum absolute atomic E-state index is 12.0. The fourth-order valence-corrected chi connectivity index (χ4v) is 2.69. The average Bonchev–Trinajstić information content (AvgIpc) is 2.87. The molecule has 0 aliphatic carbocycles. The van der Waals surface area contributed by atoms with Gasteiger partial charge < -0.3 is 10.2 Å². The highest BCUT2D eigenvalue weighted by molar-refractivity contribution is 7.99. The summed E-state index contributed by atoms with van der Waals surface area (Å²) in [5.74, 6) is 0.549. The molecule has 1 aromatic heterocycles. The quantitative estimate of drug-likeness (QED) is 0.860. The highest BCUT2D eigenvalue weighted by Crippen LogP contribution is 2.23. The number of thioether (sulfide) groups is 1. The Morgan fingerprint density at radius 2 is 2.37 bits per heavy atom. The number of nitrogens with one attached hydrogen (secondary N) is 1. The molecule has 104 valence electrons. The van der Waals surface area contributed by atoms with Gasteiger partial charge in [0.15, 0.2) is 0 Å². The van der Waals surface area contributed by atoms with Crippen molar-refractivity contribution >= 4 is 23.6 Å². The number of nitrogens with zero attached hydrogens (tertiary/aromatic N) is 3.